The standard InChI is InChI=1S/C8H13N3O2S/c1-6-2-7(3-6)11-14(12,13)8-4-9-10-5-8/h4-7,11H,2-3H2,1H3,(H,9,10). The van der Waals surface area contributed by atoms with Crippen molar-refractivity contribution in [3.63, 3.8) is 0 Å². The van der Waals surface area contributed by atoms with Gasteiger partial charge in [-0.25, -0.2) is 13.1 Å². The molecular formula is C8H13N3O2S. The zero-order valence-electron chi connectivity index (χ0n) is 7.90. The molecule has 6 heteroatoms. The van der Waals surface area contributed by atoms with Crippen LogP contribution in [0.2, 0.25) is 0 Å². The number of H-pyrrole nitrogens is 1. The number of hydrogen-bond acceptors (Lipinski definition) is 3. The monoisotopic (exact) mass is 215 g/mol. The summed E-state index contributed by atoms with van der Waals surface area (Å²) in [5.74, 6) is 0.632. The molecule has 78 valence electrons. The molecule has 0 unspecified atom stereocenters. The molecule has 0 aliphatic heterocycles. The van der Waals surface area contributed by atoms with Crippen molar-refractivity contribution in [2.75, 3.05) is 0 Å². The lowest BCUT2D eigenvalue weighted by Crippen LogP contribution is -2.43. The van der Waals surface area contributed by atoms with Crippen LogP contribution in [0.3, 0.4) is 0 Å². The highest BCUT2D eigenvalue weighted by Crippen LogP contribution is 2.27. The van der Waals surface area contributed by atoms with Gasteiger partial charge in [0.15, 0.2) is 0 Å². The number of aromatic amines is 1. The third-order valence-corrected chi connectivity index (χ3v) is 3.97. The minimum atomic E-state index is -3.34. The molecule has 2 N–H and O–H groups in total. The summed E-state index contributed by atoms with van der Waals surface area (Å²) < 4.78 is 25.9. The number of aromatic nitrogens is 2. The van der Waals surface area contributed by atoms with Crippen LogP contribution in [0.1, 0.15) is 19.8 Å². The molecule has 0 spiro atoms. The number of hydrogen-bond donors (Lipinski definition) is 2. The van der Waals surface area contributed by atoms with Crippen LogP contribution in [0, 0.1) is 5.92 Å². The smallest absolute Gasteiger partial charge is 0.243 e. The van der Waals surface area contributed by atoms with Crippen LogP contribution < -0.4 is 4.72 Å². The Morgan fingerprint density at radius 1 is 1.57 bits per heavy atom. The topological polar surface area (TPSA) is 74.8 Å². The quantitative estimate of drug-likeness (QED) is 0.770. The summed E-state index contributed by atoms with van der Waals surface area (Å²) in [7, 11) is -3.34. The second-order valence-electron chi connectivity index (χ2n) is 3.83. The van der Waals surface area contributed by atoms with Gasteiger partial charge in [0.1, 0.15) is 4.90 Å². The van der Waals surface area contributed by atoms with Gasteiger partial charge in [0, 0.05) is 12.2 Å². The maximum atomic E-state index is 11.6. The summed E-state index contributed by atoms with van der Waals surface area (Å²) in [5, 5.41) is 6.10. The Morgan fingerprint density at radius 3 is 2.79 bits per heavy atom. The van der Waals surface area contributed by atoms with Gasteiger partial charge in [0.25, 0.3) is 0 Å². The van der Waals surface area contributed by atoms with Crippen molar-refractivity contribution in [1.29, 1.82) is 0 Å². The highest BCUT2D eigenvalue weighted by Gasteiger charge is 2.29. The van der Waals surface area contributed by atoms with Crippen LogP contribution in [0.5, 0.6) is 0 Å². The van der Waals surface area contributed by atoms with Crippen LogP contribution in [-0.2, 0) is 10.0 Å². The van der Waals surface area contributed by atoms with E-state index in [-0.39, 0.29) is 10.9 Å². The molecular weight excluding hydrogens is 202 g/mol. The zero-order chi connectivity index (χ0) is 10.2. The first-order chi connectivity index (χ1) is 6.58. The van der Waals surface area contributed by atoms with Gasteiger partial charge in [0.2, 0.25) is 10.0 Å². The Hall–Kier alpha value is -0.880. The first kappa shape index (κ1) is 9.67. The first-order valence-electron chi connectivity index (χ1n) is 4.59. The minimum Gasteiger partial charge on any atom is -0.284 e. The largest absolute Gasteiger partial charge is 0.284 e. The van der Waals surface area contributed by atoms with Crippen molar-refractivity contribution in [2.24, 2.45) is 5.92 Å². The van der Waals surface area contributed by atoms with Gasteiger partial charge in [-0.15, -0.1) is 0 Å². The maximum absolute atomic E-state index is 11.6. The molecule has 5 nitrogen and oxygen atoms in total. The molecule has 1 aromatic rings. The van der Waals surface area contributed by atoms with Gasteiger partial charge in [-0.2, -0.15) is 5.10 Å². The van der Waals surface area contributed by atoms with Gasteiger partial charge >= 0.3 is 0 Å². The highest BCUT2D eigenvalue weighted by molar-refractivity contribution is 7.89. The van der Waals surface area contributed by atoms with Crippen molar-refractivity contribution in [2.45, 2.75) is 30.7 Å². The lowest BCUT2D eigenvalue weighted by Gasteiger charge is -2.32. The van der Waals surface area contributed by atoms with E-state index in [2.05, 4.69) is 21.8 Å². The Kier molecular flexibility index (Phi) is 2.32. The summed E-state index contributed by atoms with van der Waals surface area (Å²) in [6.07, 6.45) is 4.54. The van der Waals surface area contributed by atoms with E-state index < -0.39 is 10.0 Å². The van der Waals surface area contributed by atoms with Crippen molar-refractivity contribution in [3.05, 3.63) is 12.4 Å². The minimum absolute atomic E-state index is 0.102. The summed E-state index contributed by atoms with van der Waals surface area (Å²) in [6.45, 7) is 2.11. The number of nitrogens with one attached hydrogen (secondary N) is 2. The Bertz CT molecular complexity index is 392. The Labute approximate surface area is 83.0 Å². The highest BCUT2D eigenvalue weighted by atomic mass is 32.2. The van der Waals surface area contributed by atoms with E-state index in [0.29, 0.717) is 5.92 Å². The molecule has 0 saturated heterocycles. The van der Waals surface area contributed by atoms with Crippen LogP contribution in [-0.4, -0.2) is 24.7 Å². The van der Waals surface area contributed by atoms with Crippen molar-refractivity contribution >= 4 is 10.0 Å². The number of rotatable bonds is 3. The normalized spacial score (nSPS) is 27.2. The summed E-state index contributed by atoms with van der Waals surface area (Å²) in [4.78, 5) is 0.206. The van der Waals surface area contributed by atoms with Crippen LogP contribution in [0.15, 0.2) is 17.3 Å². The van der Waals surface area contributed by atoms with E-state index in [9.17, 15) is 8.42 Å². The summed E-state index contributed by atoms with van der Waals surface area (Å²) in [5.41, 5.74) is 0. The SMILES string of the molecule is CC1CC(NS(=O)(=O)c2cn[nH]c2)C1. The van der Waals surface area contributed by atoms with Gasteiger partial charge in [-0.1, -0.05) is 6.92 Å². The van der Waals surface area contributed by atoms with Gasteiger partial charge in [0.05, 0.1) is 6.20 Å². The zero-order valence-corrected chi connectivity index (χ0v) is 8.71. The summed E-state index contributed by atoms with van der Waals surface area (Å²) in [6, 6.07) is 0.102. The van der Waals surface area contributed by atoms with Crippen molar-refractivity contribution in [3.8, 4) is 0 Å². The molecule has 0 atom stereocenters. The lowest BCUT2D eigenvalue weighted by atomic mass is 9.83. The van der Waals surface area contributed by atoms with Crippen LogP contribution in [0.4, 0.5) is 0 Å². The predicted molar refractivity (Wildman–Crippen MR) is 51.1 cm³/mol. The maximum Gasteiger partial charge on any atom is 0.243 e. The summed E-state index contributed by atoms with van der Waals surface area (Å²) >= 11 is 0. The molecule has 0 radical (unpaired) electrons. The Morgan fingerprint density at radius 2 is 2.29 bits per heavy atom. The molecule has 1 fully saturated rings. The molecule has 1 heterocycles. The molecule has 1 saturated carbocycles. The van der Waals surface area contributed by atoms with E-state index >= 15 is 0 Å². The third kappa shape index (κ3) is 1.80. The van der Waals surface area contributed by atoms with E-state index in [1.54, 1.807) is 0 Å². The predicted octanol–water partition coefficient (Wildman–Crippen LogP) is 0.486. The second-order valence-corrected chi connectivity index (χ2v) is 5.54. The first-order valence-corrected chi connectivity index (χ1v) is 6.07. The molecule has 14 heavy (non-hydrogen) atoms. The molecule has 1 aromatic heterocycles. The van der Waals surface area contributed by atoms with Crippen molar-refractivity contribution in [1.82, 2.24) is 14.9 Å². The molecule has 0 amide bonds. The van der Waals surface area contributed by atoms with Gasteiger partial charge in [-0.3, -0.25) is 5.10 Å². The third-order valence-electron chi connectivity index (χ3n) is 2.48. The number of nitrogens with zero attached hydrogens (tertiary/aromatic N) is 1. The fourth-order valence-electron chi connectivity index (χ4n) is 1.67. The molecule has 2 rings (SSSR count). The number of sulfonamides is 1. The van der Waals surface area contributed by atoms with Gasteiger partial charge in [-0.05, 0) is 18.8 Å². The molecule has 1 aliphatic carbocycles. The van der Waals surface area contributed by atoms with E-state index in [0.717, 1.165) is 12.8 Å². The molecule has 0 aromatic carbocycles. The molecule has 1 aliphatic rings. The Balaban J connectivity index is 2.04. The van der Waals surface area contributed by atoms with E-state index in [1.165, 1.54) is 12.4 Å². The average molecular weight is 215 g/mol. The van der Waals surface area contributed by atoms with Gasteiger partial charge < -0.3 is 0 Å². The second kappa shape index (κ2) is 3.36. The fraction of sp³-hybridized carbons (Fsp3) is 0.625. The van der Waals surface area contributed by atoms with E-state index in [4.69, 9.17) is 0 Å². The van der Waals surface area contributed by atoms with Crippen molar-refractivity contribution < 1.29 is 8.42 Å². The van der Waals surface area contributed by atoms with Crippen LogP contribution in [0.25, 0.3) is 0 Å². The van der Waals surface area contributed by atoms with Crippen LogP contribution >= 0.6 is 0 Å². The lowest BCUT2D eigenvalue weighted by molar-refractivity contribution is 0.270. The average Bonchev–Trinajstić information content (AvgIpc) is 2.52. The van der Waals surface area contributed by atoms with E-state index in [1.807, 2.05) is 0 Å². The molecule has 0 bridgehead atoms. The fourth-order valence-corrected chi connectivity index (χ4v) is 2.84.